The molecule has 162 valence electrons. The third kappa shape index (κ3) is 4.96. The second-order valence-corrected chi connectivity index (χ2v) is 7.36. The van der Waals surface area contributed by atoms with E-state index in [1.807, 2.05) is 6.07 Å². The van der Waals surface area contributed by atoms with Crippen LogP contribution in [0.3, 0.4) is 0 Å². The molecular weight excluding hydrogens is 428 g/mol. The van der Waals surface area contributed by atoms with Crippen LogP contribution in [0, 0.1) is 11.3 Å². The van der Waals surface area contributed by atoms with Crippen molar-refractivity contribution in [2.24, 2.45) is 0 Å². The largest absolute Gasteiger partial charge is 0.507 e. The van der Waals surface area contributed by atoms with Crippen LogP contribution in [0.4, 0.5) is 5.00 Å². The van der Waals surface area contributed by atoms with Crippen LogP contribution in [0.25, 0.3) is 17.2 Å². The molecule has 2 N–H and O–H groups in total. The number of phenols is 1. The van der Waals surface area contributed by atoms with Crippen LogP contribution < -0.4 is 10.1 Å². The molecular formula is C24H20N2O5S. The van der Waals surface area contributed by atoms with Crippen LogP contribution in [-0.4, -0.2) is 30.7 Å². The molecule has 0 aliphatic heterocycles. The summed E-state index contributed by atoms with van der Waals surface area (Å²) in [5.74, 6) is -0.677. The van der Waals surface area contributed by atoms with Gasteiger partial charge in [0.15, 0.2) is 0 Å². The molecule has 3 rings (SSSR count). The molecule has 0 unspecified atom stereocenters. The summed E-state index contributed by atoms with van der Waals surface area (Å²) < 4.78 is 10.4. The van der Waals surface area contributed by atoms with E-state index >= 15 is 0 Å². The van der Waals surface area contributed by atoms with Gasteiger partial charge in [0.1, 0.15) is 33.7 Å². The number of methoxy groups -OCH3 is 1. The highest BCUT2D eigenvalue weighted by molar-refractivity contribution is 7.15. The number of esters is 1. The summed E-state index contributed by atoms with van der Waals surface area (Å²) in [4.78, 5) is 25.5. The molecule has 8 heteroatoms. The molecule has 0 saturated carbocycles. The zero-order valence-corrected chi connectivity index (χ0v) is 18.2. The fourth-order valence-electron chi connectivity index (χ4n) is 2.92. The Morgan fingerprint density at radius 1 is 1.19 bits per heavy atom. The first-order valence-electron chi connectivity index (χ1n) is 9.62. The van der Waals surface area contributed by atoms with Gasteiger partial charge < -0.3 is 19.9 Å². The number of phenolic OH excluding ortho intramolecular Hbond substituents is 1. The van der Waals surface area contributed by atoms with Gasteiger partial charge in [0.25, 0.3) is 5.91 Å². The number of nitrogens with zero attached hydrogens (tertiary/aromatic N) is 1. The summed E-state index contributed by atoms with van der Waals surface area (Å²) in [6.45, 7) is 1.86. The second-order valence-electron chi connectivity index (χ2n) is 6.49. The third-order valence-corrected chi connectivity index (χ3v) is 5.40. The monoisotopic (exact) mass is 448 g/mol. The number of hydrogen-bond acceptors (Lipinski definition) is 7. The second kappa shape index (κ2) is 10.3. The first kappa shape index (κ1) is 22.6. The Kier molecular flexibility index (Phi) is 7.26. The Balaban J connectivity index is 1.97. The van der Waals surface area contributed by atoms with Gasteiger partial charge >= 0.3 is 5.97 Å². The van der Waals surface area contributed by atoms with E-state index in [-0.39, 0.29) is 28.5 Å². The summed E-state index contributed by atoms with van der Waals surface area (Å²) in [7, 11) is 1.56. The summed E-state index contributed by atoms with van der Waals surface area (Å²) in [6.07, 6.45) is 1.28. The Morgan fingerprint density at radius 3 is 2.53 bits per heavy atom. The summed E-state index contributed by atoms with van der Waals surface area (Å²) in [6, 6.07) is 15.3. The minimum atomic E-state index is -0.704. The number of anilines is 1. The summed E-state index contributed by atoms with van der Waals surface area (Å²) in [5, 5.41) is 24.0. The molecule has 0 spiro atoms. The Bertz CT molecular complexity index is 1210. The van der Waals surface area contributed by atoms with Crippen molar-refractivity contribution in [3.05, 3.63) is 70.6 Å². The number of rotatable bonds is 7. The first-order valence-corrected chi connectivity index (χ1v) is 10.5. The molecule has 0 saturated heterocycles. The number of nitrogens with one attached hydrogen (secondary N) is 1. The lowest BCUT2D eigenvalue weighted by atomic mass is 10.0. The van der Waals surface area contributed by atoms with E-state index in [0.717, 1.165) is 16.9 Å². The van der Waals surface area contributed by atoms with E-state index in [2.05, 4.69) is 5.32 Å². The maximum Gasteiger partial charge on any atom is 0.341 e. The molecule has 0 atom stereocenters. The van der Waals surface area contributed by atoms with Crippen LogP contribution in [0.15, 0.2) is 59.5 Å². The molecule has 0 aliphatic rings. The molecule has 0 bridgehead atoms. The van der Waals surface area contributed by atoms with Gasteiger partial charge in [-0.2, -0.15) is 5.26 Å². The van der Waals surface area contributed by atoms with Crippen molar-refractivity contribution in [3.8, 4) is 28.7 Å². The van der Waals surface area contributed by atoms with E-state index in [1.165, 1.54) is 12.1 Å². The van der Waals surface area contributed by atoms with Gasteiger partial charge in [-0.15, -0.1) is 11.3 Å². The number of amides is 1. The highest BCUT2D eigenvalue weighted by Crippen LogP contribution is 2.37. The molecule has 1 amide bonds. The predicted octanol–water partition coefficient (Wildman–Crippen LogP) is 4.85. The van der Waals surface area contributed by atoms with E-state index in [4.69, 9.17) is 9.47 Å². The van der Waals surface area contributed by atoms with Crippen LogP contribution >= 0.6 is 11.3 Å². The van der Waals surface area contributed by atoms with Gasteiger partial charge in [-0.1, -0.05) is 30.3 Å². The number of para-hydroxylation sites is 1. The van der Waals surface area contributed by atoms with Crippen molar-refractivity contribution < 1.29 is 24.2 Å². The topological polar surface area (TPSA) is 109 Å². The van der Waals surface area contributed by atoms with E-state index in [9.17, 15) is 20.0 Å². The Morgan fingerprint density at radius 2 is 1.91 bits per heavy atom. The number of ether oxygens (including phenoxy) is 2. The number of nitriles is 1. The lowest BCUT2D eigenvalue weighted by Gasteiger charge is -2.09. The van der Waals surface area contributed by atoms with Crippen LogP contribution in [-0.2, 0) is 9.53 Å². The van der Waals surface area contributed by atoms with Gasteiger partial charge in [-0.05, 0) is 36.8 Å². The molecule has 1 aromatic heterocycles. The van der Waals surface area contributed by atoms with E-state index in [0.29, 0.717) is 16.9 Å². The molecule has 1 heterocycles. The smallest absolute Gasteiger partial charge is 0.341 e. The van der Waals surface area contributed by atoms with Crippen molar-refractivity contribution in [2.45, 2.75) is 6.92 Å². The molecule has 0 fully saturated rings. The SMILES string of the molecule is CCOC(=O)c1c(-c2ccc(OC)cc2)csc1NC(=O)/C(C#N)=C/c1ccccc1O. The van der Waals surface area contributed by atoms with Gasteiger partial charge in [-0.3, -0.25) is 4.79 Å². The lowest BCUT2D eigenvalue weighted by molar-refractivity contribution is -0.112. The van der Waals surface area contributed by atoms with Crippen molar-refractivity contribution in [1.82, 2.24) is 0 Å². The van der Waals surface area contributed by atoms with E-state index in [1.54, 1.807) is 61.9 Å². The number of thiophene rings is 1. The maximum absolute atomic E-state index is 12.8. The third-order valence-electron chi connectivity index (χ3n) is 4.50. The molecule has 0 aliphatic carbocycles. The van der Waals surface area contributed by atoms with Gasteiger partial charge in [0.2, 0.25) is 0 Å². The van der Waals surface area contributed by atoms with Gasteiger partial charge in [0.05, 0.1) is 13.7 Å². The van der Waals surface area contributed by atoms with Crippen molar-refractivity contribution >= 4 is 34.3 Å². The quantitative estimate of drug-likeness (QED) is 0.304. The zero-order chi connectivity index (χ0) is 23.1. The van der Waals surface area contributed by atoms with Crippen LogP contribution in [0.2, 0.25) is 0 Å². The highest BCUT2D eigenvalue weighted by Gasteiger charge is 2.24. The average molecular weight is 449 g/mol. The number of hydrogen-bond donors (Lipinski definition) is 2. The Labute approximate surface area is 189 Å². The van der Waals surface area contributed by atoms with Crippen molar-refractivity contribution in [2.75, 3.05) is 19.0 Å². The average Bonchev–Trinajstić information content (AvgIpc) is 3.22. The normalized spacial score (nSPS) is 10.8. The number of benzene rings is 2. The first-order chi connectivity index (χ1) is 15.5. The molecule has 2 aromatic carbocycles. The predicted molar refractivity (Wildman–Crippen MR) is 123 cm³/mol. The lowest BCUT2D eigenvalue weighted by Crippen LogP contribution is -2.16. The minimum Gasteiger partial charge on any atom is -0.507 e. The minimum absolute atomic E-state index is 0.0572. The zero-order valence-electron chi connectivity index (χ0n) is 17.4. The highest BCUT2D eigenvalue weighted by atomic mass is 32.1. The fraction of sp³-hybridized carbons (Fsp3) is 0.125. The molecule has 32 heavy (non-hydrogen) atoms. The van der Waals surface area contributed by atoms with Crippen LogP contribution in [0.1, 0.15) is 22.8 Å². The standard InChI is InChI=1S/C24H20N2O5S/c1-3-31-24(29)21-19(15-8-10-18(30-2)11-9-15)14-32-23(21)26-22(28)17(13-25)12-16-6-4-5-7-20(16)27/h4-12,14,27H,3H2,1-2H3,(H,26,28)/b17-12+. The summed E-state index contributed by atoms with van der Waals surface area (Å²) in [5.41, 5.74) is 1.65. The summed E-state index contributed by atoms with van der Waals surface area (Å²) >= 11 is 1.15. The van der Waals surface area contributed by atoms with Crippen molar-refractivity contribution in [1.29, 1.82) is 5.26 Å². The van der Waals surface area contributed by atoms with Gasteiger partial charge in [0, 0.05) is 16.5 Å². The van der Waals surface area contributed by atoms with E-state index < -0.39 is 11.9 Å². The molecule has 0 radical (unpaired) electrons. The molecule has 3 aromatic rings. The molecule has 7 nitrogen and oxygen atoms in total. The number of carbonyl (C=O) groups is 2. The number of aromatic hydroxyl groups is 1. The maximum atomic E-state index is 12.8. The fourth-order valence-corrected chi connectivity index (χ4v) is 3.88. The van der Waals surface area contributed by atoms with Gasteiger partial charge in [-0.25, -0.2) is 4.79 Å². The van der Waals surface area contributed by atoms with Crippen molar-refractivity contribution in [3.63, 3.8) is 0 Å². The number of carbonyl (C=O) groups excluding carboxylic acids is 2. The van der Waals surface area contributed by atoms with Crippen LogP contribution in [0.5, 0.6) is 11.5 Å². The Hall–Kier alpha value is -4.09.